The van der Waals surface area contributed by atoms with Gasteiger partial charge >= 0.3 is 0 Å². The summed E-state index contributed by atoms with van der Waals surface area (Å²) < 4.78 is 31.5. The maximum absolute atomic E-state index is 12.0. The van der Waals surface area contributed by atoms with Gasteiger partial charge in [-0.2, -0.15) is 0 Å². The Morgan fingerprint density at radius 1 is 1.40 bits per heavy atom. The molecule has 0 radical (unpaired) electrons. The van der Waals surface area contributed by atoms with Gasteiger partial charge in [0, 0.05) is 17.1 Å². The van der Waals surface area contributed by atoms with Crippen LogP contribution in [0.3, 0.4) is 0 Å². The molecule has 0 heterocycles. The van der Waals surface area contributed by atoms with Gasteiger partial charge in [-0.1, -0.05) is 15.9 Å². The minimum Gasteiger partial charge on any atom is -0.394 e. The lowest BCUT2D eigenvalue weighted by Gasteiger charge is -2.08. The number of nitro groups is 1. The minimum atomic E-state index is -4.01. The Balaban J connectivity index is 2.86. The van der Waals surface area contributed by atoms with E-state index in [1.807, 2.05) is 0 Å². The van der Waals surface area contributed by atoms with E-state index in [9.17, 15) is 18.5 Å². The molecule has 0 aliphatic rings. The Morgan fingerprint density at radius 3 is 2.70 bits per heavy atom. The van der Waals surface area contributed by atoms with Gasteiger partial charge in [0.1, 0.15) is 0 Å². The summed E-state index contributed by atoms with van der Waals surface area (Å²) in [6.07, 6.45) is 0. The summed E-state index contributed by atoms with van der Waals surface area (Å²) in [5.41, 5.74) is -0.503. The number of benzene rings is 1. The molecule has 0 atom stereocenters. The second kappa shape index (κ2) is 7.64. The molecular weight excluding hydrogens is 356 g/mol. The Bertz CT molecular complexity index is 577. The standard InChI is InChI=1S/C10H13BrN2O6S/c11-8-1-2-9(13(15)16)10(7-8)20(17,18)12-3-5-19-6-4-14/h1-2,7,12,14H,3-6H2. The Kier molecular flexibility index (Phi) is 6.49. The third kappa shape index (κ3) is 4.80. The van der Waals surface area contributed by atoms with Crippen molar-refractivity contribution < 1.29 is 23.2 Å². The molecule has 1 rings (SSSR count). The molecular formula is C10H13BrN2O6S. The van der Waals surface area contributed by atoms with E-state index >= 15 is 0 Å². The molecule has 112 valence electrons. The fraction of sp³-hybridized carbons (Fsp3) is 0.400. The van der Waals surface area contributed by atoms with E-state index in [0.717, 1.165) is 12.1 Å². The smallest absolute Gasteiger partial charge is 0.289 e. The number of nitro benzene ring substituents is 1. The second-order valence-corrected chi connectivity index (χ2v) is 6.25. The summed E-state index contributed by atoms with van der Waals surface area (Å²) in [7, 11) is -4.01. The molecule has 1 aromatic carbocycles. The van der Waals surface area contributed by atoms with Crippen LogP contribution < -0.4 is 4.72 Å². The maximum atomic E-state index is 12.0. The summed E-state index contributed by atoms with van der Waals surface area (Å²) in [6.45, 7) is -0.0593. The summed E-state index contributed by atoms with van der Waals surface area (Å²) in [6, 6.07) is 3.66. The van der Waals surface area contributed by atoms with Gasteiger partial charge in [-0.3, -0.25) is 10.1 Å². The van der Waals surface area contributed by atoms with Crippen molar-refractivity contribution in [2.75, 3.05) is 26.4 Å². The van der Waals surface area contributed by atoms with Crippen molar-refractivity contribution in [2.24, 2.45) is 0 Å². The summed E-state index contributed by atoms with van der Waals surface area (Å²) in [5, 5.41) is 19.3. The van der Waals surface area contributed by atoms with Crippen LogP contribution in [0.4, 0.5) is 5.69 Å². The molecule has 0 spiro atoms. The van der Waals surface area contributed by atoms with Crippen LogP contribution in [0, 0.1) is 10.1 Å². The van der Waals surface area contributed by atoms with Gasteiger partial charge in [-0.15, -0.1) is 0 Å². The average Bonchev–Trinajstić information content (AvgIpc) is 2.38. The fourth-order valence-corrected chi connectivity index (χ4v) is 3.07. The number of aliphatic hydroxyl groups excluding tert-OH is 1. The topological polar surface area (TPSA) is 119 Å². The van der Waals surface area contributed by atoms with E-state index in [1.54, 1.807) is 0 Å². The molecule has 0 unspecified atom stereocenters. The number of nitrogens with one attached hydrogen (secondary N) is 1. The molecule has 1 aromatic rings. The summed E-state index contributed by atoms with van der Waals surface area (Å²) in [5.74, 6) is 0. The van der Waals surface area contributed by atoms with Crippen molar-refractivity contribution in [2.45, 2.75) is 4.90 Å². The third-order valence-corrected chi connectivity index (χ3v) is 4.17. The zero-order valence-electron chi connectivity index (χ0n) is 10.3. The van der Waals surface area contributed by atoms with E-state index in [4.69, 9.17) is 9.84 Å². The monoisotopic (exact) mass is 368 g/mol. The van der Waals surface area contributed by atoms with Gasteiger partial charge in [-0.05, 0) is 12.1 Å². The number of hydrogen-bond donors (Lipinski definition) is 2. The number of halogens is 1. The van der Waals surface area contributed by atoms with Crippen molar-refractivity contribution in [3.05, 3.63) is 32.8 Å². The molecule has 0 fully saturated rings. The van der Waals surface area contributed by atoms with Crippen LogP contribution in [-0.2, 0) is 14.8 Å². The van der Waals surface area contributed by atoms with Gasteiger partial charge in [0.05, 0.1) is 24.7 Å². The molecule has 0 aliphatic heterocycles. The molecule has 8 nitrogen and oxygen atoms in total. The lowest BCUT2D eigenvalue weighted by atomic mass is 10.3. The van der Waals surface area contributed by atoms with E-state index < -0.39 is 25.5 Å². The van der Waals surface area contributed by atoms with Gasteiger partial charge in [0.2, 0.25) is 10.0 Å². The molecule has 0 aliphatic carbocycles. The van der Waals surface area contributed by atoms with Crippen LogP contribution in [0.1, 0.15) is 0 Å². The Morgan fingerprint density at radius 2 is 2.10 bits per heavy atom. The highest BCUT2D eigenvalue weighted by atomic mass is 79.9. The van der Waals surface area contributed by atoms with E-state index in [2.05, 4.69) is 20.7 Å². The number of nitrogens with zero attached hydrogens (tertiary/aromatic N) is 1. The molecule has 20 heavy (non-hydrogen) atoms. The predicted octanol–water partition coefficient (Wildman–Crippen LogP) is 0.645. The van der Waals surface area contributed by atoms with E-state index in [0.29, 0.717) is 4.47 Å². The molecule has 0 bridgehead atoms. The average molecular weight is 369 g/mol. The first kappa shape index (κ1) is 17.0. The second-order valence-electron chi connectivity index (χ2n) is 3.60. The first-order valence-corrected chi connectivity index (χ1v) is 7.78. The first-order valence-electron chi connectivity index (χ1n) is 5.50. The summed E-state index contributed by atoms with van der Waals surface area (Å²) >= 11 is 3.07. The molecule has 2 N–H and O–H groups in total. The van der Waals surface area contributed by atoms with Crippen molar-refractivity contribution in [1.29, 1.82) is 0 Å². The van der Waals surface area contributed by atoms with Crippen LogP contribution in [0.25, 0.3) is 0 Å². The zero-order valence-corrected chi connectivity index (χ0v) is 12.7. The number of sulfonamides is 1. The number of ether oxygens (including phenoxy) is 1. The molecule has 0 saturated heterocycles. The maximum Gasteiger partial charge on any atom is 0.289 e. The van der Waals surface area contributed by atoms with Crippen LogP contribution in [0.15, 0.2) is 27.6 Å². The molecule has 0 aromatic heterocycles. The van der Waals surface area contributed by atoms with Gasteiger partial charge in [0.15, 0.2) is 4.90 Å². The minimum absolute atomic E-state index is 0.0496. The van der Waals surface area contributed by atoms with Gasteiger partial charge in [0.25, 0.3) is 5.69 Å². The van der Waals surface area contributed by atoms with Gasteiger partial charge < -0.3 is 9.84 Å². The largest absolute Gasteiger partial charge is 0.394 e. The zero-order chi connectivity index (χ0) is 15.2. The van der Waals surface area contributed by atoms with Crippen LogP contribution in [0.5, 0.6) is 0 Å². The highest BCUT2D eigenvalue weighted by Crippen LogP contribution is 2.26. The number of rotatable bonds is 8. The lowest BCUT2D eigenvalue weighted by molar-refractivity contribution is -0.387. The summed E-state index contributed by atoms with van der Waals surface area (Å²) in [4.78, 5) is 9.66. The number of aliphatic hydroxyl groups is 1. The van der Waals surface area contributed by atoms with Crippen LogP contribution in [0.2, 0.25) is 0 Å². The lowest BCUT2D eigenvalue weighted by Crippen LogP contribution is -2.28. The number of hydrogen-bond acceptors (Lipinski definition) is 6. The van der Waals surface area contributed by atoms with Crippen molar-refractivity contribution in [1.82, 2.24) is 4.72 Å². The molecule has 10 heteroatoms. The van der Waals surface area contributed by atoms with Gasteiger partial charge in [-0.25, -0.2) is 13.1 Å². The highest BCUT2D eigenvalue weighted by molar-refractivity contribution is 9.10. The van der Waals surface area contributed by atoms with Crippen molar-refractivity contribution >= 4 is 31.6 Å². The highest BCUT2D eigenvalue weighted by Gasteiger charge is 2.25. The first-order chi connectivity index (χ1) is 9.38. The predicted molar refractivity (Wildman–Crippen MR) is 73.9 cm³/mol. The SMILES string of the molecule is O=[N+]([O-])c1ccc(Br)cc1S(=O)(=O)NCCOCCO. The Hall–Kier alpha value is -1.07. The van der Waals surface area contributed by atoms with Crippen molar-refractivity contribution in [3.63, 3.8) is 0 Å². The van der Waals surface area contributed by atoms with Crippen LogP contribution >= 0.6 is 15.9 Å². The normalized spacial score (nSPS) is 11.5. The van der Waals surface area contributed by atoms with Crippen LogP contribution in [-0.4, -0.2) is 44.8 Å². The van der Waals surface area contributed by atoms with Crippen molar-refractivity contribution in [3.8, 4) is 0 Å². The molecule has 0 amide bonds. The fourth-order valence-electron chi connectivity index (χ4n) is 1.35. The third-order valence-electron chi connectivity index (χ3n) is 2.18. The quantitative estimate of drug-likeness (QED) is 0.394. The molecule has 0 saturated carbocycles. The van der Waals surface area contributed by atoms with E-state index in [1.165, 1.54) is 6.07 Å². The Labute approximate surface area is 124 Å². The van der Waals surface area contributed by atoms with E-state index in [-0.39, 0.29) is 26.4 Å².